The Bertz CT molecular complexity index is 710. The highest BCUT2D eigenvalue weighted by Crippen LogP contribution is 2.20. The van der Waals surface area contributed by atoms with Crippen LogP contribution in [0.15, 0.2) is 0 Å². The van der Waals surface area contributed by atoms with Crippen molar-refractivity contribution in [1.29, 1.82) is 0 Å². The van der Waals surface area contributed by atoms with Gasteiger partial charge in [-0.05, 0) is 38.6 Å². The average Bonchev–Trinajstić information content (AvgIpc) is 3.29. The van der Waals surface area contributed by atoms with Crippen molar-refractivity contribution in [2.24, 2.45) is 11.5 Å². The zero-order valence-corrected chi connectivity index (χ0v) is 19.3. The van der Waals surface area contributed by atoms with Crippen molar-refractivity contribution in [2.45, 2.75) is 56.3 Å². The van der Waals surface area contributed by atoms with E-state index in [1.54, 1.807) is 0 Å². The number of unbranched alkanes of at least 4 members (excludes halogenated alkanes) is 1. The van der Waals surface area contributed by atoms with Crippen molar-refractivity contribution in [3.05, 3.63) is 0 Å². The van der Waals surface area contributed by atoms with Crippen molar-refractivity contribution >= 4 is 42.2 Å². The van der Waals surface area contributed by atoms with Crippen LogP contribution in [0.4, 0.5) is 0 Å². The molecule has 13 nitrogen and oxygen atoms in total. The number of carbonyl (C=O) groups is 5. The molecule has 188 valence electrons. The van der Waals surface area contributed by atoms with Crippen LogP contribution in [0.5, 0.6) is 0 Å². The van der Waals surface area contributed by atoms with Gasteiger partial charge in [-0.15, -0.1) is 0 Å². The van der Waals surface area contributed by atoms with Gasteiger partial charge < -0.3 is 42.5 Å². The van der Waals surface area contributed by atoms with Gasteiger partial charge in [-0.2, -0.15) is 12.6 Å². The van der Waals surface area contributed by atoms with E-state index in [1.807, 2.05) is 0 Å². The lowest BCUT2D eigenvalue weighted by Crippen LogP contribution is -2.58. The standard InChI is InChI=1S/C19H34N6O7S/c20-6-2-1-4-12(23-16(29)11(21)9-26)19(32)25-7-3-5-14(25)18(31)24-13(10-33)17(30)22-8-15(27)28/h11-14,26,33H,1-10,20-21H2,(H,22,30)(H,23,29)(H,24,31)(H,27,28)/t11-,12-,13-,14-/m0/s1. The fraction of sp³-hybridized carbons (Fsp3) is 0.737. The summed E-state index contributed by atoms with van der Waals surface area (Å²) in [6.07, 6.45) is 2.36. The van der Waals surface area contributed by atoms with Gasteiger partial charge in [0.1, 0.15) is 30.7 Å². The number of nitrogens with one attached hydrogen (secondary N) is 3. The van der Waals surface area contributed by atoms with E-state index in [-0.39, 0.29) is 18.7 Å². The molecule has 1 rings (SSSR count). The first-order valence-corrected chi connectivity index (χ1v) is 11.4. The molecule has 4 amide bonds. The molecule has 0 aromatic carbocycles. The van der Waals surface area contributed by atoms with Gasteiger partial charge in [0.15, 0.2) is 0 Å². The van der Waals surface area contributed by atoms with Gasteiger partial charge in [-0.1, -0.05) is 0 Å². The van der Waals surface area contributed by atoms with Gasteiger partial charge in [0.2, 0.25) is 23.6 Å². The lowest BCUT2D eigenvalue weighted by molar-refractivity contribution is -0.142. The van der Waals surface area contributed by atoms with E-state index < -0.39 is 66.9 Å². The van der Waals surface area contributed by atoms with Crippen LogP contribution in [-0.4, -0.2) is 101 Å². The van der Waals surface area contributed by atoms with Crippen molar-refractivity contribution in [3.8, 4) is 0 Å². The number of carboxylic acids is 1. The predicted molar refractivity (Wildman–Crippen MR) is 121 cm³/mol. The summed E-state index contributed by atoms with van der Waals surface area (Å²) in [6.45, 7) is -0.496. The molecule has 0 unspecified atom stereocenters. The van der Waals surface area contributed by atoms with Crippen molar-refractivity contribution < 1.29 is 34.2 Å². The van der Waals surface area contributed by atoms with E-state index in [9.17, 15) is 24.0 Å². The lowest BCUT2D eigenvalue weighted by atomic mass is 10.1. The maximum absolute atomic E-state index is 13.2. The van der Waals surface area contributed by atoms with E-state index >= 15 is 0 Å². The Morgan fingerprint density at radius 3 is 2.36 bits per heavy atom. The zero-order chi connectivity index (χ0) is 25.0. The molecular formula is C19H34N6O7S. The van der Waals surface area contributed by atoms with E-state index in [1.165, 1.54) is 4.90 Å². The molecule has 0 spiro atoms. The highest BCUT2D eigenvalue weighted by Gasteiger charge is 2.38. The number of hydrogen-bond donors (Lipinski definition) is 8. The third-order valence-electron chi connectivity index (χ3n) is 5.16. The molecule has 1 aliphatic heterocycles. The number of aliphatic hydroxyl groups excluding tert-OH is 1. The van der Waals surface area contributed by atoms with Crippen LogP contribution < -0.4 is 27.4 Å². The second-order valence-electron chi connectivity index (χ2n) is 7.68. The van der Waals surface area contributed by atoms with Gasteiger partial charge in [-0.25, -0.2) is 0 Å². The third kappa shape index (κ3) is 9.15. The van der Waals surface area contributed by atoms with E-state index in [0.29, 0.717) is 32.2 Å². The number of carboxylic acid groups (broad SMARTS) is 1. The second kappa shape index (κ2) is 14.7. The van der Waals surface area contributed by atoms with Crippen molar-refractivity contribution in [2.75, 3.05) is 32.0 Å². The minimum Gasteiger partial charge on any atom is -0.480 e. The zero-order valence-electron chi connectivity index (χ0n) is 18.4. The van der Waals surface area contributed by atoms with Crippen LogP contribution in [0, 0.1) is 0 Å². The van der Waals surface area contributed by atoms with E-state index in [0.717, 1.165) is 0 Å². The number of aliphatic carboxylic acids is 1. The fourth-order valence-electron chi connectivity index (χ4n) is 3.36. The largest absolute Gasteiger partial charge is 0.480 e. The van der Waals surface area contributed by atoms with Gasteiger partial charge in [0.05, 0.1) is 6.61 Å². The monoisotopic (exact) mass is 490 g/mol. The molecule has 1 aliphatic rings. The number of amides is 4. The van der Waals surface area contributed by atoms with Crippen molar-refractivity contribution in [3.63, 3.8) is 0 Å². The van der Waals surface area contributed by atoms with Gasteiger partial charge in [-0.3, -0.25) is 24.0 Å². The van der Waals surface area contributed by atoms with Crippen LogP contribution in [0.3, 0.4) is 0 Å². The minimum absolute atomic E-state index is 0.0747. The van der Waals surface area contributed by atoms with Crippen LogP contribution >= 0.6 is 12.6 Å². The molecule has 0 bridgehead atoms. The highest BCUT2D eigenvalue weighted by atomic mass is 32.1. The minimum atomic E-state index is -1.23. The highest BCUT2D eigenvalue weighted by molar-refractivity contribution is 7.80. The predicted octanol–water partition coefficient (Wildman–Crippen LogP) is -3.47. The Labute approximate surface area is 197 Å². The number of carbonyl (C=O) groups excluding carboxylic acids is 4. The molecule has 9 N–H and O–H groups in total. The second-order valence-corrected chi connectivity index (χ2v) is 8.04. The summed E-state index contributed by atoms with van der Waals surface area (Å²) >= 11 is 4.03. The normalized spacial score (nSPS) is 18.2. The number of nitrogens with two attached hydrogens (primary N) is 2. The molecule has 0 aliphatic carbocycles. The van der Waals surface area contributed by atoms with Crippen LogP contribution in [0.2, 0.25) is 0 Å². The number of hydrogen-bond acceptors (Lipinski definition) is 9. The summed E-state index contributed by atoms with van der Waals surface area (Å²) < 4.78 is 0. The molecule has 0 aromatic heterocycles. The first kappa shape index (κ1) is 28.6. The van der Waals surface area contributed by atoms with E-state index in [2.05, 4.69) is 28.6 Å². The molecule has 1 heterocycles. The molecular weight excluding hydrogens is 456 g/mol. The number of likely N-dealkylation sites (tertiary alicyclic amines) is 1. The third-order valence-corrected chi connectivity index (χ3v) is 5.53. The first-order valence-electron chi connectivity index (χ1n) is 10.7. The van der Waals surface area contributed by atoms with Crippen LogP contribution in [0.1, 0.15) is 32.1 Å². The summed E-state index contributed by atoms with van der Waals surface area (Å²) in [7, 11) is 0. The average molecular weight is 491 g/mol. The molecule has 4 atom stereocenters. The molecule has 0 saturated carbocycles. The Morgan fingerprint density at radius 2 is 1.79 bits per heavy atom. The number of rotatable bonds is 14. The molecule has 1 saturated heterocycles. The topological polar surface area (TPSA) is 217 Å². The maximum atomic E-state index is 13.2. The smallest absolute Gasteiger partial charge is 0.322 e. The number of thiol groups is 1. The number of nitrogens with zero attached hydrogens (tertiary/aromatic N) is 1. The van der Waals surface area contributed by atoms with E-state index in [4.69, 9.17) is 21.7 Å². The maximum Gasteiger partial charge on any atom is 0.322 e. The Kier molecular flexibility index (Phi) is 12.7. The number of aliphatic hydroxyl groups is 1. The Hall–Kier alpha value is -2.42. The summed E-state index contributed by atoms with van der Waals surface area (Å²) in [6, 6.07) is -4.09. The van der Waals surface area contributed by atoms with Gasteiger partial charge in [0.25, 0.3) is 0 Å². The fourth-order valence-corrected chi connectivity index (χ4v) is 3.62. The van der Waals surface area contributed by atoms with Crippen LogP contribution in [-0.2, 0) is 24.0 Å². The van der Waals surface area contributed by atoms with Gasteiger partial charge >= 0.3 is 5.97 Å². The molecule has 0 aromatic rings. The van der Waals surface area contributed by atoms with Gasteiger partial charge in [0, 0.05) is 12.3 Å². The molecule has 33 heavy (non-hydrogen) atoms. The van der Waals surface area contributed by atoms with Crippen molar-refractivity contribution in [1.82, 2.24) is 20.9 Å². The quantitative estimate of drug-likeness (QED) is 0.0894. The summed E-state index contributed by atoms with van der Waals surface area (Å²) in [5, 5.41) is 25.0. The SMILES string of the molecule is NCCCC[C@H](NC(=O)[C@@H](N)CO)C(=O)N1CCC[C@H]1C(=O)N[C@@H](CS)C(=O)NCC(=O)O. The summed E-state index contributed by atoms with van der Waals surface area (Å²) in [5.41, 5.74) is 11.0. The Balaban J connectivity index is 2.89. The molecule has 1 fully saturated rings. The lowest BCUT2D eigenvalue weighted by Gasteiger charge is -2.30. The van der Waals surface area contributed by atoms with Crippen LogP contribution in [0.25, 0.3) is 0 Å². The molecule has 14 heteroatoms. The summed E-state index contributed by atoms with van der Waals surface area (Å²) in [5.74, 6) is -3.75. The Morgan fingerprint density at radius 1 is 1.09 bits per heavy atom. The first-order chi connectivity index (χ1) is 15.7. The molecule has 0 radical (unpaired) electrons. The summed E-state index contributed by atoms with van der Waals surface area (Å²) in [4.78, 5) is 62.3.